The first-order chi connectivity index (χ1) is 11.0. The molecule has 2 nitrogen and oxygen atoms in total. The Morgan fingerprint density at radius 1 is 0.680 bits per heavy atom. The third-order valence-corrected chi connectivity index (χ3v) is 16.0. The average Bonchev–Trinajstić information content (AvgIpc) is 2.34. The van der Waals surface area contributed by atoms with Crippen LogP contribution in [-0.4, -0.2) is 37.6 Å². The van der Waals surface area contributed by atoms with Crippen LogP contribution in [0.2, 0.25) is 36.3 Å². The van der Waals surface area contributed by atoms with Gasteiger partial charge < -0.3 is 8.85 Å². The van der Waals surface area contributed by atoms with Crippen LogP contribution < -0.4 is 0 Å². The van der Waals surface area contributed by atoms with E-state index in [1.807, 2.05) is 0 Å². The van der Waals surface area contributed by atoms with Crippen molar-refractivity contribution in [2.24, 2.45) is 0 Å². The Hall–Kier alpha value is 0.886. The lowest BCUT2D eigenvalue weighted by molar-refractivity contribution is -0.0672. The van der Waals surface area contributed by atoms with E-state index in [1.54, 1.807) is 0 Å². The number of hydrogen-bond donors (Lipinski definition) is 0. The first kappa shape index (κ1) is 25.9. The lowest BCUT2D eigenvalue weighted by atomic mass is 10.1. The second-order valence-corrected chi connectivity index (χ2v) is 21.0. The molecule has 0 bridgehead atoms. The predicted molar refractivity (Wildman–Crippen MR) is 118 cm³/mol. The molecule has 0 aromatic rings. The van der Waals surface area contributed by atoms with E-state index in [1.165, 1.54) is 32.1 Å². The van der Waals surface area contributed by atoms with Crippen LogP contribution in [0.15, 0.2) is 0 Å². The largest absolute Gasteiger partial charge is 0.407 e. The summed E-state index contributed by atoms with van der Waals surface area (Å²) in [6.45, 7) is 25.4. The first-order valence-electron chi connectivity index (χ1n) is 10.2. The van der Waals surface area contributed by atoms with Crippen molar-refractivity contribution >= 4 is 32.9 Å². The van der Waals surface area contributed by atoms with Gasteiger partial charge in [0.15, 0.2) is 16.6 Å². The molecule has 0 fully saturated rings. The van der Waals surface area contributed by atoms with Gasteiger partial charge in [-0.05, 0) is 49.1 Å². The quantitative estimate of drug-likeness (QED) is 0.219. The maximum Gasteiger partial charge on any atom is 0.222 e. The van der Waals surface area contributed by atoms with E-state index < -0.39 is 21.3 Å². The van der Waals surface area contributed by atoms with Crippen molar-refractivity contribution in [3.8, 4) is 0 Å². The highest BCUT2D eigenvalue weighted by molar-refractivity contribution is 6.75. The van der Waals surface area contributed by atoms with Crippen molar-refractivity contribution < 1.29 is 8.85 Å². The van der Waals surface area contributed by atoms with Crippen LogP contribution in [0.25, 0.3) is 0 Å². The maximum absolute atomic E-state index is 6.84. The topological polar surface area (TPSA) is 18.5 Å². The van der Waals surface area contributed by atoms with Gasteiger partial charge in [0.1, 0.15) is 0 Å². The van der Waals surface area contributed by atoms with Gasteiger partial charge >= 0.3 is 0 Å². The molecule has 0 heterocycles. The molecule has 0 spiro atoms. The van der Waals surface area contributed by atoms with Crippen LogP contribution in [0.5, 0.6) is 0 Å². The normalized spacial score (nSPS) is 14.8. The van der Waals surface area contributed by atoms with Crippen LogP contribution in [0.4, 0.5) is 0 Å². The molecule has 0 atom stereocenters. The van der Waals surface area contributed by atoms with Gasteiger partial charge in [-0.25, -0.2) is 0 Å². The van der Waals surface area contributed by atoms with Crippen LogP contribution >= 0.6 is 0 Å². The molecule has 25 heavy (non-hydrogen) atoms. The summed E-state index contributed by atoms with van der Waals surface area (Å²) in [4.78, 5) is 0. The van der Waals surface area contributed by atoms with E-state index >= 15 is 0 Å². The molecule has 0 saturated carbocycles. The van der Waals surface area contributed by atoms with Crippen LogP contribution in [0, 0.1) is 0 Å². The van der Waals surface area contributed by atoms with Crippen molar-refractivity contribution in [2.45, 2.75) is 128 Å². The lowest BCUT2D eigenvalue weighted by Crippen LogP contribution is -2.57. The fourth-order valence-corrected chi connectivity index (χ4v) is 6.95. The second kappa shape index (κ2) is 9.39. The zero-order valence-electron chi connectivity index (χ0n) is 19.1. The Kier molecular flexibility index (Phi) is 9.72. The fourth-order valence-electron chi connectivity index (χ4n) is 2.27. The maximum atomic E-state index is 6.84. The standard InChI is InChI=1S/C20H45O2Si2.Al/c1-12-13-14-15-16-17-18(21-23(8,9)19(2,3)4)22-24(10,11)20(5,6)7;/h12-17H2,1-11H3;. The molecular weight excluding hydrogens is 355 g/mol. The summed E-state index contributed by atoms with van der Waals surface area (Å²) >= 11 is 2.98. The summed E-state index contributed by atoms with van der Waals surface area (Å²) < 4.78 is 13.2. The predicted octanol–water partition coefficient (Wildman–Crippen LogP) is 7.21. The number of unbranched alkanes of at least 4 members (excludes halogenated alkanes) is 4. The van der Waals surface area contributed by atoms with Crippen molar-refractivity contribution in [1.82, 2.24) is 0 Å². The van der Waals surface area contributed by atoms with Crippen molar-refractivity contribution in [2.75, 3.05) is 0 Å². The molecule has 0 amide bonds. The zero-order chi connectivity index (χ0) is 20.2. The first-order valence-corrected chi connectivity index (χ1v) is 16.6. The second-order valence-electron chi connectivity index (χ2n) is 10.7. The minimum absolute atomic E-state index is 0.188. The molecule has 5 heteroatoms. The van der Waals surface area contributed by atoms with Crippen LogP contribution in [0.1, 0.15) is 87.0 Å². The Morgan fingerprint density at radius 3 is 1.36 bits per heavy atom. The van der Waals surface area contributed by atoms with Crippen molar-refractivity contribution in [3.05, 3.63) is 0 Å². The lowest BCUT2D eigenvalue weighted by Gasteiger charge is -2.50. The van der Waals surface area contributed by atoms with E-state index in [0.29, 0.717) is 0 Å². The van der Waals surface area contributed by atoms with Gasteiger partial charge in [0, 0.05) is 0 Å². The van der Waals surface area contributed by atoms with Gasteiger partial charge in [0.05, 0.1) is 4.65 Å². The molecule has 0 saturated heterocycles. The molecular formula is C20H45AlO2Si2. The molecule has 0 N–H and O–H groups in total. The van der Waals surface area contributed by atoms with Gasteiger partial charge in [-0.15, -0.1) is 0 Å². The smallest absolute Gasteiger partial charge is 0.222 e. The highest BCUT2D eigenvalue weighted by Gasteiger charge is 2.47. The molecule has 0 aromatic heterocycles. The molecule has 0 aliphatic rings. The Morgan fingerprint density at radius 2 is 1.04 bits per heavy atom. The Balaban J connectivity index is 5.30. The van der Waals surface area contributed by atoms with Crippen LogP contribution in [-0.2, 0) is 8.85 Å². The highest BCUT2D eigenvalue weighted by Crippen LogP contribution is 2.44. The van der Waals surface area contributed by atoms with Crippen LogP contribution in [0.3, 0.4) is 0 Å². The molecule has 0 aliphatic heterocycles. The molecule has 0 unspecified atom stereocenters. The van der Waals surface area contributed by atoms with Crippen molar-refractivity contribution in [1.29, 1.82) is 0 Å². The van der Waals surface area contributed by atoms with E-state index in [4.69, 9.17) is 8.85 Å². The van der Waals surface area contributed by atoms with E-state index in [0.717, 1.165) is 6.42 Å². The van der Waals surface area contributed by atoms with Gasteiger partial charge in [-0.3, -0.25) is 0 Å². The molecule has 148 valence electrons. The summed E-state index contributed by atoms with van der Waals surface area (Å²) in [5.74, 6) is 0. The van der Waals surface area contributed by atoms with Gasteiger partial charge in [-0.2, -0.15) is 0 Å². The van der Waals surface area contributed by atoms with E-state index in [9.17, 15) is 0 Å². The minimum atomic E-state index is -1.90. The minimum Gasteiger partial charge on any atom is -0.407 e. The molecule has 0 aliphatic carbocycles. The summed E-state index contributed by atoms with van der Waals surface area (Å²) in [6.07, 6.45) is 7.35. The SMILES string of the molecule is CCCCCCC[C]([Al])(O[Si](C)(C)C(C)(C)C)O[Si](C)(C)C(C)(C)C. The monoisotopic (exact) mass is 400 g/mol. The Labute approximate surface area is 169 Å². The summed E-state index contributed by atoms with van der Waals surface area (Å²) in [7, 11) is -3.80. The third-order valence-electron chi connectivity index (χ3n) is 6.10. The zero-order valence-corrected chi connectivity index (χ0v) is 22.3. The van der Waals surface area contributed by atoms with Gasteiger partial charge in [0.25, 0.3) is 0 Å². The fraction of sp³-hybridized carbons (Fsp3) is 1.00. The third kappa shape index (κ3) is 8.62. The molecule has 0 rings (SSSR count). The van der Waals surface area contributed by atoms with Crippen molar-refractivity contribution in [3.63, 3.8) is 0 Å². The molecule has 0 aromatic carbocycles. The number of rotatable bonds is 10. The van der Waals surface area contributed by atoms with Gasteiger partial charge in [-0.1, -0.05) is 74.1 Å². The molecule has 2 radical (unpaired) electrons. The number of hydrogen-bond acceptors (Lipinski definition) is 2. The Bertz CT molecular complexity index is 367. The van der Waals surface area contributed by atoms with Gasteiger partial charge in [0.2, 0.25) is 16.3 Å². The summed E-state index contributed by atoms with van der Waals surface area (Å²) in [5.41, 5.74) is 0. The van der Waals surface area contributed by atoms with E-state index in [2.05, 4.69) is 90.9 Å². The average molecular weight is 401 g/mol. The summed E-state index contributed by atoms with van der Waals surface area (Å²) in [5, 5.41) is 0.377. The highest BCUT2D eigenvalue weighted by atomic mass is 28.4. The summed E-state index contributed by atoms with van der Waals surface area (Å²) in [6, 6.07) is 0. The van der Waals surface area contributed by atoms with E-state index in [-0.39, 0.29) is 10.1 Å².